The highest BCUT2D eigenvalue weighted by Crippen LogP contribution is 2.34. The van der Waals surface area contributed by atoms with Gasteiger partial charge in [0.1, 0.15) is 18.6 Å². The van der Waals surface area contributed by atoms with Crippen molar-refractivity contribution >= 4 is 48.3 Å². The van der Waals surface area contributed by atoms with Crippen molar-refractivity contribution in [2.75, 3.05) is 59.1 Å². The van der Waals surface area contributed by atoms with Crippen LogP contribution in [-0.2, 0) is 28.5 Å². The third kappa shape index (κ3) is 12.1. The Balaban J connectivity index is 1.95. The molecule has 0 radical (unpaired) electrons. The molecule has 0 fully saturated rings. The van der Waals surface area contributed by atoms with Crippen LogP contribution in [0.1, 0.15) is 16.8 Å². The first-order valence-corrected chi connectivity index (χ1v) is 11.9. The van der Waals surface area contributed by atoms with E-state index >= 15 is 0 Å². The third-order valence-electron chi connectivity index (χ3n) is 3.11. The number of carbonyl (C=O) groups is 1. The van der Waals surface area contributed by atoms with Crippen molar-refractivity contribution in [1.82, 2.24) is 0 Å². The molecule has 1 aromatic rings. The van der Waals surface area contributed by atoms with Crippen molar-refractivity contribution < 1.29 is 36.3 Å². The lowest BCUT2D eigenvalue weighted by Gasteiger charge is -2.11. The summed E-state index contributed by atoms with van der Waals surface area (Å²) in [6.07, 6.45) is 2.28. The number of aldehydes is 1. The summed E-state index contributed by atoms with van der Waals surface area (Å²) in [5, 5.41) is 0. The van der Waals surface area contributed by atoms with Gasteiger partial charge < -0.3 is 18.9 Å². The highest BCUT2D eigenvalue weighted by atomic mass is 79.9. The molecule has 0 aliphatic carbocycles. The van der Waals surface area contributed by atoms with Crippen molar-refractivity contribution in [3.05, 3.63) is 26.6 Å². The molecule has 28 heavy (non-hydrogen) atoms. The molecule has 160 valence electrons. The monoisotopic (exact) mass is 546 g/mol. The number of ether oxygens (including phenoxy) is 4. The van der Waals surface area contributed by atoms with E-state index in [2.05, 4.69) is 36.0 Å². The van der Waals surface area contributed by atoms with Gasteiger partial charge >= 0.3 is 0 Å². The van der Waals surface area contributed by atoms with Crippen LogP contribution in [0.3, 0.4) is 0 Å². The zero-order valence-electron chi connectivity index (χ0n) is 15.5. The van der Waals surface area contributed by atoms with E-state index in [1.807, 2.05) is 0 Å². The molecule has 8 nitrogen and oxygen atoms in total. The molecule has 0 aliphatic heterocycles. The highest BCUT2D eigenvalue weighted by Gasteiger charge is 2.08. The summed E-state index contributed by atoms with van der Waals surface area (Å²) in [6, 6.07) is 3.37. The van der Waals surface area contributed by atoms with Gasteiger partial charge in [0.25, 0.3) is 10.1 Å². The standard InChI is InChI=1S/C17H24Br2O8S/c1-28(21,22)27-4-2-3-23-5-6-24-7-8-25-9-10-26-17-15(18)11-14(13-20)12-16(17)19/h11-13H,2-10H2,1H3. The van der Waals surface area contributed by atoms with Gasteiger partial charge in [0.2, 0.25) is 0 Å². The first-order valence-electron chi connectivity index (χ1n) is 8.48. The van der Waals surface area contributed by atoms with Crippen molar-refractivity contribution in [2.45, 2.75) is 6.42 Å². The number of halogens is 2. The molecule has 0 spiro atoms. The molecule has 11 heteroatoms. The average molecular weight is 548 g/mol. The van der Waals surface area contributed by atoms with Gasteiger partial charge in [0.15, 0.2) is 0 Å². The smallest absolute Gasteiger partial charge is 0.264 e. The summed E-state index contributed by atoms with van der Waals surface area (Å²) in [4.78, 5) is 10.8. The lowest BCUT2D eigenvalue weighted by Crippen LogP contribution is -2.13. The van der Waals surface area contributed by atoms with Crippen LogP contribution in [0, 0.1) is 0 Å². The summed E-state index contributed by atoms with van der Waals surface area (Å²) < 4.78 is 49.2. The Hall–Kier alpha value is -0.560. The number of benzene rings is 1. The van der Waals surface area contributed by atoms with Crippen molar-refractivity contribution in [1.29, 1.82) is 0 Å². The molecule has 0 atom stereocenters. The van der Waals surface area contributed by atoms with E-state index < -0.39 is 10.1 Å². The van der Waals surface area contributed by atoms with Gasteiger partial charge in [-0.2, -0.15) is 8.42 Å². The Morgan fingerprint density at radius 3 is 1.86 bits per heavy atom. The summed E-state index contributed by atoms with van der Waals surface area (Å²) >= 11 is 6.73. The van der Waals surface area contributed by atoms with E-state index in [0.29, 0.717) is 72.9 Å². The molecule has 0 amide bonds. The SMILES string of the molecule is CS(=O)(=O)OCCCOCCOCCOCCOc1c(Br)cc(C=O)cc1Br. The van der Waals surface area contributed by atoms with Gasteiger partial charge in [-0.1, -0.05) is 0 Å². The van der Waals surface area contributed by atoms with E-state index in [0.717, 1.165) is 12.5 Å². The van der Waals surface area contributed by atoms with Gasteiger partial charge in [-0.3, -0.25) is 8.98 Å². The van der Waals surface area contributed by atoms with E-state index in [-0.39, 0.29) is 6.61 Å². The minimum absolute atomic E-state index is 0.115. The van der Waals surface area contributed by atoms with Gasteiger partial charge in [-0.15, -0.1) is 0 Å². The van der Waals surface area contributed by atoms with Gasteiger partial charge in [-0.25, -0.2) is 0 Å². The number of hydrogen-bond donors (Lipinski definition) is 0. The lowest BCUT2D eigenvalue weighted by molar-refractivity contribution is 0.00786. The molecule has 0 saturated carbocycles. The van der Waals surface area contributed by atoms with Crippen LogP contribution in [0.4, 0.5) is 0 Å². The molecule has 0 N–H and O–H groups in total. The molecule has 0 heterocycles. The number of rotatable bonds is 16. The molecule has 0 saturated heterocycles. The zero-order chi connectivity index (χ0) is 20.8. The van der Waals surface area contributed by atoms with E-state index in [9.17, 15) is 13.2 Å². The average Bonchev–Trinajstić information content (AvgIpc) is 2.62. The van der Waals surface area contributed by atoms with E-state index in [1.165, 1.54) is 0 Å². The first kappa shape index (κ1) is 25.5. The van der Waals surface area contributed by atoms with Crippen LogP contribution in [0.5, 0.6) is 5.75 Å². The minimum atomic E-state index is -3.38. The Bertz CT molecular complexity index is 673. The van der Waals surface area contributed by atoms with Gasteiger partial charge in [-0.05, 0) is 50.4 Å². The second kappa shape index (κ2) is 14.4. The highest BCUT2D eigenvalue weighted by molar-refractivity contribution is 9.11. The summed E-state index contributed by atoms with van der Waals surface area (Å²) in [6.45, 7) is 2.98. The van der Waals surface area contributed by atoms with Crippen LogP contribution < -0.4 is 4.74 Å². The maximum atomic E-state index is 10.8. The van der Waals surface area contributed by atoms with Crippen molar-refractivity contribution in [3.8, 4) is 5.75 Å². The topological polar surface area (TPSA) is 97.4 Å². The maximum Gasteiger partial charge on any atom is 0.264 e. The predicted molar refractivity (Wildman–Crippen MR) is 111 cm³/mol. The Labute approximate surface area is 182 Å². The summed E-state index contributed by atoms with van der Waals surface area (Å²) in [5.41, 5.74) is 0.547. The molecular weight excluding hydrogens is 524 g/mol. The first-order chi connectivity index (χ1) is 13.3. The minimum Gasteiger partial charge on any atom is -0.489 e. The number of carbonyl (C=O) groups excluding carboxylic acids is 1. The van der Waals surface area contributed by atoms with Gasteiger partial charge in [0, 0.05) is 12.2 Å². The zero-order valence-corrected chi connectivity index (χ0v) is 19.5. The fourth-order valence-electron chi connectivity index (χ4n) is 1.90. The molecule has 1 aromatic carbocycles. The quantitative estimate of drug-likeness (QED) is 0.177. The normalized spacial score (nSPS) is 11.5. The molecular formula is C17H24Br2O8S. The second-order valence-corrected chi connectivity index (χ2v) is 8.85. The molecule has 1 rings (SSSR count). The number of hydrogen-bond acceptors (Lipinski definition) is 8. The van der Waals surface area contributed by atoms with Crippen molar-refractivity contribution in [3.63, 3.8) is 0 Å². The lowest BCUT2D eigenvalue weighted by atomic mass is 10.2. The molecule has 0 aliphatic rings. The van der Waals surface area contributed by atoms with E-state index in [1.54, 1.807) is 12.1 Å². The molecule has 0 bridgehead atoms. The Kier molecular flexibility index (Phi) is 13.1. The fraction of sp³-hybridized carbons (Fsp3) is 0.588. The van der Waals surface area contributed by atoms with Crippen LogP contribution in [0.2, 0.25) is 0 Å². The van der Waals surface area contributed by atoms with Crippen LogP contribution >= 0.6 is 31.9 Å². The van der Waals surface area contributed by atoms with E-state index in [4.69, 9.17) is 18.9 Å². The molecule has 0 aromatic heterocycles. The fourth-order valence-corrected chi connectivity index (χ4v) is 3.77. The predicted octanol–water partition coefficient (Wildman–Crippen LogP) is 2.82. The molecule has 0 unspecified atom stereocenters. The van der Waals surface area contributed by atoms with Crippen LogP contribution in [-0.4, -0.2) is 73.8 Å². The van der Waals surface area contributed by atoms with Crippen LogP contribution in [0.15, 0.2) is 21.1 Å². The van der Waals surface area contributed by atoms with Gasteiger partial charge in [0.05, 0.1) is 54.8 Å². The maximum absolute atomic E-state index is 10.8. The van der Waals surface area contributed by atoms with Crippen molar-refractivity contribution in [2.24, 2.45) is 0 Å². The summed E-state index contributed by atoms with van der Waals surface area (Å²) in [7, 11) is -3.38. The Morgan fingerprint density at radius 1 is 0.857 bits per heavy atom. The largest absolute Gasteiger partial charge is 0.489 e. The third-order valence-corrected chi connectivity index (χ3v) is 4.88. The summed E-state index contributed by atoms with van der Waals surface area (Å²) in [5.74, 6) is 0.615. The van der Waals surface area contributed by atoms with Crippen LogP contribution in [0.25, 0.3) is 0 Å². The Morgan fingerprint density at radius 2 is 1.36 bits per heavy atom. The second-order valence-electron chi connectivity index (χ2n) is 5.50.